The van der Waals surface area contributed by atoms with Crippen molar-refractivity contribution in [1.29, 1.82) is 0 Å². The van der Waals surface area contributed by atoms with Gasteiger partial charge in [0.05, 0.1) is 4.88 Å². The second-order valence-electron chi connectivity index (χ2n) is 6.41. The van der Waals surface area contributed by atoms with Crippen LogP contribution in [-0.4, -0.2) is 11.9 Å². The largest absolute Gasteiger partial charge is 0.489 e. The average molecular weight is 343 g/mol. The van der Waals surface area contributed by atoms with Crippen LogP contribution in [-0.2, 0) is 13.0 Å². The van der Waals surface area contributed by atoms with Gasteiger partial charge in [0.25, 0.3) is 5.91 Å². The van der Waals surface area contributed by atoms with E-state index in [0.717, 1.165) is 35.5 Å². The monoisotopic (exact) mass is 343 g/mol. The third-order valence-corrected chi connectivity index (χ3v) is 5.53. The molecule has 1 fully saturated rings. The van der Waals surface area contributed by atoms with Crippen molar-refractivity contribution in [2.75, 3.05) is 0 Å². The van der Waals surface area contributed by atoms with Gasteiger partial charge in [-0.05, 0) is 48.4 Å². The maximum Gasteiger partial charge on any atom is 0.261 e. The normalized spacial score (nSPS) is 15.2. The molecule has 128 valence electrons. The van der Waals surface area contributed by atoms with Gasteiger partial charge in [-0.15, -0.1) is 11.3 Å². The second-order valence-corrected chi connectivity index (χ2v) is 7.33. The second kappa shape index (κ2) is 8.34. The number of rotatable bonds is 6. The highest BCUT2D eigenvalue weighted by Crippen LogP contribution is 2.21. The molecule has 2 aromatic rings. The Hall–Kier alpha value is -1.81. The van der Waals surface area contributed by atoms with Crippen molar-refractivity contribution < 1.29 is 9.53 Å². The van der Waals surface area contributed by atoms with Crippen molar-refractivity contribution in [3.05, 3.63) is 51.7 Å². The summed E-state index contributed by atoms with van der Waals surface area (Å²) in [5, 5.41) is 5.18. The zero-order valence-electron chi connectivity index (χ0n) is 14.2. The zero-order chi connectivity index (χ0) is 16.8. The zero-order valence-corrected chi connectivity index (χ0v) is 15.0. The number of thiophene rings is 1. The van der Waals surface area contributed by atoms with E-state index in [9.17, 15) is 4.79 Å². The summed E-state index contributed by atoms with van der Waals surface area (Å²) in [6, 6.07) is 10.5. The van der Waals surface area contributed by atoms with E-state index in [1.165, 1.54) is 36.2 Å². The summed E-state index contributed by atoms with van der Waals surface area (Å²) >= 11 is 1.50. The molecule has 1 aromatic heterocycles. The Bertz CT molecular complexity index is 657. The predicted octanol–water partition coefficient (Wildman–Crippen LogP) is 4.95. The Morgan fingerprint density at radius 2 is 1.92 bits per heavy atom. The van der Waals surface area contributed by atoms with Gasteiger partial charge in [0, 0.05) is 11.6 Å². The highest BCUT2D eigenvalue weighted by atomic mass is 32.1. The molecule has 0 saturated heterocycles. The molecular formula is C20H25NO2S. The molecule has 0 spiro atoms. The van der Waals surface area contributed by atoms with Crippen LogP contribution in [0.15, 0.2) is 35.7 Å². The topological polar surface area (TPSA) is 38.3 Å². The molecule has 1 aromatic carbocycles. The average Bonchev–Trinajstić information content (AvgIpc) is 3.10. The molecule has 1 aliphatic carbocycles. The number of hydrogen-bond donors (Lipinski definition) is 1. The van der Waals surface area contributed by atoms with Gasteiger partial charge >= 0.3 is 0 Å². The van der Waals surface area contributed by atoms with Crippen molar-refractivity contribution in [2.24, 2.45) is 0 Å². The van der Waals surface area contributed by atoms with Crippen LogP contribution in [0.3, 0.4) is 0 Å². The number of benzene rings is 1. The SMILES string of the molecule is CCc1ccc(OCc2csc(C(=O)NC3CCCCC3)c2)cc1. The van der Waals surface area contributed by atoms with Gasteiger partial charge in [-0.3, -0.25) is 4.79 Å². The lowest BCUT2D eigenvalue weighted by molar-refractivity contribution is 0.0932. The Labute approximate surface area is 148 Å². The number of amides is 1. The van der Waals surface area contributed by atoms with E-state index >= 15 is 0 Å². The molecule has 1 saturated carbocycles. The van der Waals surface area contributed by atoms with E-state index in [-0.39, 0.29) is 5.91 Å². The summed E-state index contributed by atoms with van der Waals surface area (Å²) in [6.07, 6.45) is 7.01. The van der Waals surface area contributed by atoms with Crippen LogP contribution in [0.5, 0.6) is 5.75 Å². The molecule has 1 N–H and O–H groups in total. The maximum absolute atomic E-state index is 12.3. The van der Waals surface area contributed by atoms with Crippen LogP contribution >= 0.6 is 11.3 Å². The minimum absolute atomic E-state index is 0.0606. The number of nitrogens with one attached hydrogen (secondary N) is 1. The molecule has 3 nitrogen and oxygen atoms in total. The van der Waals surface area contributed by atoms with Crippen molar-refractivity contribution in [3.63, 3.8) is 0 Å². The molecular weight excluding hydrogens is 318 g/mol. The number of carbonyl (C=O) groups is 1. The standard InChI is InChI=1S/C20H25NO2S/c1-2-15-8-10-18(11-9-15)23-13-16-12-19(24-14-16)20(22)21-17-6-4-3-5-7-17/h8-12,14,17H,2-7,13H2,1H3,(H,21,22). The number of hydrogen-bond acceptors (Lipinski definition) is 3. The van der Waals surface area contributed by atoms with Crippen LogP contribution in [0.4, 0.5) is 0 Å². The molecule has 0 atom stereocenters. The van der Waals surface area contributed by atoms with Crippen LogP contribution in [0.1, 0.15) is 59.8 Å². The van der Waals surface area contributed by atoms with Crippen molar-refractivity contribution in [1.82, 2.24) is 5.32 Å². The lowest BCUT2D eigenvalue weighted by Crippen LogP contribution is -2.35. The van der Waals surface area contributed by atoms with Crippen LogP contribution in [0.2, 0.25) is 0 Å². The minimum atomic E-state index is 0.0606. The van der Waals surface area contributed by atoms with Crippen molar-refractivity contribution in [2.45, 2.75) is 58.1 Å². The Morgan fingerprint density at radius 1 is 1.17 bits per heavy atom. The molecule has 1 aliphatic rings. The highest BCUT2D eigenvalue weighted by Gasteiger charge is 2.17. The van der Waals surface area contributed by atoms with Gasteiger partial charge in [-0.25, -0.2) is 0 Å². The predicted molar refractivity (Wildman–Crippen MR) is 98.8 cm³/mol. The Morgan fingerprint density at radius 3 is 2.62 bits per heavy atom. The summed E-state index contributed by atoms with van der Waals surface area (Å²) in [4.78, 5) is 13.1. The van der Waals surface area contributed by atoms with E-state index < -0.39 is 0 Å². The minimum Gasteiger partial charge on any atom is -0.489 e. The van der Waals surface area contributed by atoms with Crippen LogP contribution in [0, 0.1) is 0 Å². The smallest absolute Gasteiger partial charge is 0.261 e. The first-order chi connectivity index (χ1) is 11.7. The Balaban J connectivity index is 1.51. The van der Waals surface area contributed by atoms with Gasteiger partial charge in [0.1, 0.15) is 12.4 Å². The summed E-state index contributed by atoms with van der Waals surface area (Å²) in [7, 11) is 0. The highest BCUT2D eigenvalue weighted by molar-refractivity contribution is 7.12. The first-order valence-corrected chi connectivity index (χ1v) is 9.72. The van der Waals surface area contributed by atoms with Gasteiger partial charge in [0.15, 0.2) is 0 Å². The first-order valence-electron chi connectivity index (χ1n) is 8.84. The molecule has 0 unspecified atom stereocenters. The van der Waals surface area contributed by atoms with E-state index in [0.29, 0.717) is 12.6 Å². The number of carbonyl (C=O) groups excluding carboxylic acids is 1. The van der Waals surface area contributed by atoms with E-state index in [2.05, 4.69) is 24.4 Å². The van der Waals surface area contributed by atoms with Gasteiger partial charge in [-0.2, -0.15) is 0 Å². The summed E-state index contributed by atoms with van der Waals surface area (Å²) in [5.74, 6) is 0.928. The fourth-order valence-corrected chi connectivity index (χ4v) is 3.86. The van der Waals surface area contributed by atoms with E-state index in [1.807, 2.05) is 23.6 Å². The van der Waals surface area contributed by atoms with Gasteiger partial charge < -0.3 is 10.1 Å². The molecule has 0 bridgehead atoms. The molecule has 3 rings (SSSR count). The van der Waals surface area contributed by atoms with Crippen molar-refractivity contribution >= 4 is 17.2 Å². The quantitative estimate of drug-likeness (QED) is 0.806. The lowest BCUT2D eigenvalue weighted by atomic mass is 9.95. The fraction of sp³-hybridized carbons (Fsp3) is 0.450. The molecule has 4 heteroatoms. The summed E-state index contributed by atoms with van der Waals surface area (Å²) in [6.45, 7) is 2.64. The molecule has 0 radical (unpaired) electrons. The third kappa shape index (κ3) is 4.60. The molecule has 0 aliphatic heterocycles. The van der Waals surface area contributed by atoms with E-state index in [4.69, 9.17) is 4.74 Å². The Kier molecular flexibility index (Phi) is 5.91. The van der Waals surface area contributed by atoms with Crippen LogP contribution < -0.4 is 10.1 Å². The lowest BCUT2D eigenvalue weighted by Gasteiger charge is -2.22. The third-order valence-electron chi connectivity index (χ3n) is 4.56. The molecule has 1 amide bonds. The van der Waals surface area contributed by atoms with Gasteiger partial charge in [-0.1, -0.05) is 38.3 Å². The summed E-state index contributed by atoms with van der Waals surface area (Å²) in [5.41, 5.74) is 2.35. The van der Waals surface area contributed by atoms with Crippen LogP contribution in [0.25, 0.3) is 0 Å². The number of aryl methyl sites for hydroxylation is 1. The van der Waals surface area contributed by atoms with E-state index in [1.54, 1.807) is 0 Å². The summed E-state index contributed by atoms with van der Waals surface area (Å²) < 4.78 is 5.81. The molecule has 24 heavy (non-hydrogen) atoms. The number of ether oxygens (including phenoxy) is 1. The molecule has 1 heterocycles. The van der Waals surface area contributed by atoms with Gasteiger partial charge in [0.2, 0.25) is 0 Å². The van der Waals surface area contributed by atoms with Crippen molar-refractivity contribution in [3.8, 4) is 5.75 Å². The maximum atomic E-state index is 12.3. The first kappa shape index (κ1) is 17.0. The fourth-order valence-electron chi connectivity index (χ4n) is 3.06.